The van der Waals surface area contributed by atoms with Crippen LogP contribution in [0.3, 0.4) is 0 Å². The zero-order chi connectivity index (χ0) is 22.1. The molecule has 0 fully saturated rings. The summed E-state index contributed by atoms with van der Waals surface area (Å²) in [7, 11) is 0. The number of nitrogens with zero attached hydrogens (tertiary/aromatic N) is 2. The Kier molecular flexibility index (Phi) is 5.98. The zero-order valence-electron chi connectivity index (χ0n) is 17.6. The van der Waals surface area contributed by atoms with Gasteiger partial charge in [0.1, 0.15) is 12.1 Å². The van der Waals surface area contributed by atoms with Crippen LogP contribution >= 0.6 is 24.0 Å². The molecule has 2 aromatic carbocycles. The van der Waals surface area contributed by atoms with Crippen molar-refractivity contribution >= 4 is 45.8 Å². The smallest absolute Gasteiger partial charge is 0.335 e. The lowest BCUT2D eigenvalue weighted by molar-refractivity contribution is 0.0696. The highest BCUT2D eigenvalue weighted by atomic mass is 32.1. The highest BCUT2D eigenvalue weighted by Gasteiger charge is 2.15. The first-order valence-electron chi connectivity index (χ1n) is 9.96. The zero-order valence-corrected chi connectivity index (χ0v) is 19.3. The van der Waals surface area contributed by atoms with Gasteiger partial charge in [0.05, 0.1) is 11.3 Å². The Morgan fingerprint density at radius 3 is 2.74 bits per heavy atom. The standard InChI is InChI=1S/C24H23N3O2S2/c1-13-5-4-6-18-17(15(3)31-23(13)18)9-10-25-21-11-20(26-12-27-21)19-8-7-16(24(28)29)14(2)22(19)30/h4-8,11-12,30H,9-10H2,1-3H3,(H,28,29)(H,25,26,27). The fourth-order valence-corrected chi connectivity index (χ4v) is 5.28. The fraction of sp³-hybridized carbons (Fsp3) is 0.208. The summed E-state index contributed by atoms with van der Waals surface area (Å²) < 4.78 is 1.36. The van der Waals surface area contributed by atoms with E-state index in [-0.39, 0.29) is 5.56 Å². The van der Waals surface area contributed by atoms with Gasteiger partial charge in [-0.3, -0.25) is 0 Å². The summed E-state index contributed by atoms with van der Waals surface area (Å²) in [6.07, 6.45) is 2.42. The molecule has 0 unspecified atom stereocenters. The third-order valence-electron chi connectivity index (χ3n) is 5.50. The number of carboxylic acid groups (broad SMARTS) is 1. The van der Waals surface area contributed by atoms with Crippen molar-refractivity contribution in [3.8, 4) is 11.3 Å². The normalized spacial score (nSPS) is 11.1. The SMILES string of the molecule is Cc1sc2c(C)cccc2c1CCNc1cc(-c2ccc(C(=O)O)c(C)c2S)ncn1. The van der Waals surface area contributed by atoms with Crippen LogP contribution in [0.2, 0.25) is 0 Å². The molecule has 31 heavy (non-hydrogen) atoms. The Hall–Kier alpha value is -2.90. The van der Waals surface area contributed by atoms with Crippen LogP contribution in [-0.4, -0.2) is 27.6 Å². The van der Waals surface area contributed by atoms with Crippen LogP contribution in [-0.2, 0) is 6.42 Å². The van der Waals surface area contributed by atoms with E-state index in [4.69, 9.17) is 0 Å². The van der Waals surface area contributed by atoms with Gasteiger partial charge in [-0.1, -0.05) is 24.3 Å². The van der Waals surface area contributed by atoms with Gasteiger partial charge in [0.25, 0.3) is 0 Å². The minimum atomic E-state index is -0.962. The van der Waals surface area contributed by atoms with Crippen LogP contribution < -0.4 is 5.32 Å². The van der Waals surface area contributed by atoms with Crippen molar-refractivity contribution < 1.29 is 9.90 Å². The summed E-state index contributed by atoms with van der Waals surface area (Å²) in [5.41, 5.74) is 5.05. The number of aryl methyl sites for hydroxylation is 2. The van der Waals surface area contributed by atoms with Crippen LogP contribution in [0.4, 0.5) is 5.82 Å². The van der Waals surface area contributed by atoms with Crippen molar-refractivity contribution in [2.45, 2.75) is 32.1 Å². The Balaban J connectivity index is 1.53. The first-order valence-corrected chi connectivity index (χ1v) is 11.2. The highest BCUT2D eigenvalue weighted by Crippen LogP contribution is 2.34. The molecule has 2 aromatic heterocycles. The van der Waals surface area contributed by atoms with E-state index in [1.165, 1.54) is 32.4 Å². The number of anilines is 1. The Morgan fingerprint density at radius 1 is 1.16 bits per heavy atom. The first kappa shape index (κ1) is 21.3. The average molecular weight is 450 g/mol. The summed E-state index contributed by atoms with van der Waals surface area (Å²) in [4.78, 5) is 22.0. The summed E-state index contributed by atoms with van der Waals surface area (Å²) in [5, 5.41) is 14.0. The second-order valence-corrected chi connectivity index (χ2v) is 9.17. The van der Waals surface area contributed by atoms with E-state index in [1.54, 1.807) is 19.1 Å². The van der Waals surface area contributed by atoms with Gasteiger partial charge in [-0.2, -0.15) is 0 Å². The lowest BCUT2D eigenvalue weighted by Crippen LogP contribution is -2.07. The quantitative estimate of drug-likeness (QED) is 0.318. The number of thiophene rings is 1. The van der Waals surface area contributed by atoms with E-state index < -0.39 is 5.97 Å². The van der Waals surface area contributed by atoms with Gasteiger partial charge in [-0.05, 0) is 55.3 Å². The Bertz CT molecular complexity index is 1300. The molecule has 2 N–H and O–H groups in total. The molecule has 5 nitrogen and oxygen atoms in total. The molecular weight excluding hydrogens is 426 g/mol. The number of thiol groups is 1. The van der Waals surface area contributed by atoms with Gasteiger partial charge in [-0.25, -0.2) is 14.8 Å². The molecule has 0 saturated heterocycles. The molecule has 0 aliphatic rings. The van der Waals surface area contributed by atoms with E-state index in [0.717, 1.165) is 24.3 Å². The molecule has 0 bridgehead atoms. The second kappa shape index (κ2) is 8.69. The molecule has 0 spiro atoms. The minimum Gasteiger partial charge on any atom is -0.478 e. The lowest BCUT2D eigenvalue weighted by Gasteiger charge is -2.11. The lowest BCUT2D eigenvalue weighted by atomic mass is 10.0. The van der Waals surface area contributed by atoms with Gasteiger partial charge in [0, 0.05) is 32.6 Å². The summed E-state index contributed by atoms with van der Waals surface area (Å²) >= 11 is 6.40. The Labute approximate surface area is 190 Å². The van der Waals surface area contributed by atoms with Crippen LogP contribution in [0.1, 0.15) is 31.9 Å². The van der Waals surface area contributed by atoms with E-state index in [9.17, 15) is 9.90 Å². The topological polar surface area (TPSA) is 75.1 Å². The monoisotopic (exact) mass is 449 g/mol. The van der Waals surface area contributed by atoms with Gasteiger partial charge in [0.2, 0.25) is 0 Å². The van der Waals surface area contributed by atoms with Crippen molar-refractivity contribution in [3.05, 3.63) is 69.9 Å². The van der Waals surface area contributed by atoms with E-state index in [0.29, 0.717) is 16.2 Å². The maximum atomic E-state index is 11.3. The van der Waals surface area contributed by atoms with Crippen molar-refractivity contribution in [1.82, 2.24) is 9.97 Å². The fourth-order valence-electron chi connectivity index (χ4n) is 3.80. The molecule has 0 saturated carbocycles. The van der Waals surface area contributed by atoms with Crippen LogP contribution in [0.5, 0.6) is 0 Å². The third-order valence-corrected chi connectivity index (χ3v) is 7.38. The molecule has 0 atom stereocenters. The molecule has 158 valence electrons. The largest absolute Gasteiger partial charge is 0.478 e. The van der Waals surface area contributed by atoms with Gasteiger partial charge in [-0.15, -0.1) is 24.0 Å². The maximum absolute atomic E-state index is 11.3. The number of fused-ring (bicyclic) bond motifs is 1. The highest BCUT2D eigenvalue weighted by molar-refractivity contribution is 7.80. The number of hydrogen-bond acceptors (Lipinski definition) is 6. The molecule has 0 amide bonds. The number of benzene rings is 2. The van der Waals surface area contributed by atoms with Crippen molar-refractivity contribution in [2.24, 2.45) is 0 Å². The molecule has 0 aliphatic carbocycles. The minimum absolute atomic E-state index is 0.245. The van der Waals surface area contributed by atoms with Crippen molar-refractivity contribution in [3.63, 3.8) is 0 Å². The van der Waals surface area contributed by atoms with Crippen LogP contribution in [0.15, 0.2) is 47.6 Å². The second-order valence-electron chi connectivity index (χ2n) is 7.49. The van der Waals surface area contributed by atoms with Crippen LogP contribution in [0.25, 0.3) is 21.3 Å². The van der Waals surface area contributed by atoms with Crippen molar-refractivity contribution in [1.29, 1.82) is 0 Å². The molecule has 4 aromatic rings. The molecule has 2 heterocycles. The summed E-state index contributed by atoms with van der Waals surface area (Å²) in [6, 6.07) is 11.7. The summed E-state index contributed by atoms with van der Waals surface area (Å²) in [6.45, 7) is 6.84. The molecule has 0 radical (unpaired) electrons. The average Bonchev–Trinajstić information content (AvgIpc) is 3.07. The number of carbonyl (C=O) groups is 1. The number of nitrogens with one attached hydrogen (secondary N) is 1. The van der Waals surface area contributed by atoms with Crippen LogP contribution in [0, 0.1) is 20.8 Å². The number of aromatic nitrogens is 2. The van der Waals surface area contributed by atoms with E-state index in [1.807, 2.05) is 17.4 Å². The molecular formula is C24H23N3O2S2. The number of carboxylic acids is 1. The van der Waals surface area contributed by atoms with Gasteiger partial charge < -0.3 is 10.4 Å². The number of rotatable bonds is 6. The van der Waals surface area contributed by atoms with E-state index >= 15 is 0 Å². The first-order chi connectivity index (χ1) is 14.9. The maximum Gasteiger partial charge on any atom is 0.335 e. The number of hydrogen-bond donors (Lipinski definition) is 3. The Morgan fingerprint density at radius 2 is 1.97 bits per heavy atom. The molecule has 4 rings (SSSR count). The molecule has 7 heteroatoms. The van der Waals surface area contributed by atoms with Gasteiger partial charge in [0.15, 0.2) is 0 Å². The van der Waals surface area contributed by atoms with E-state index in [2.05, 4.69) is 60.0 Å². The predicted octanol–water partition coefficient (Wildman–Crippen LogP) is 5.93. The van der Waals surface area contributed by atoms with Crippen molar-refractivity contribution in [2.75, 3.05) is 11.9 Å². The third kappa shape index (κ3) is 4.16. The summed E-state index contributed by atoms with van der Waals surface area (Å²) in [5.74, 6) is -0.234. The van der Waals surface area contributed by atoms with Gasteiger partial charge >= 0.3 is 5.97 Å². The number of aromatic carboxylic acids is 1. The molecule has 0 aliphatic heterocycles. The predicted molar refractivity (Wildman–Crippen MR) is 130 cm³/mol.